The van der Waals surface area contributed by atoms with Gasteiger partial charge in [0.25, 0.3) is 0 Å². The molecule has 2 aliphatic rings. The van der Waals surface area contributed by atoms with Crippen LogP contribution in [-0.2, 0) is 0 Å². The molecular weight excluding hydrogens is 214 g/mol. The lowest BCUT2D eigenvalue weighted by molar-refractivity contribution is 0.000689. The van der Waals surface area contributed by atoms with E-state index in [-0.39, 0.29) is 11.5 Å². The van der Waals surface area contributed by atoms with Crippen molar-refractivity contribution in [3.8, 4) is 0 Å². The highest BCUT2D eigenvalue weighted by Gasteiger charge is 2.50. The predicted octanol–water partition coefficient (Wildman–Crippen LogP) is 3.34. The van der Waals surface area contributed by atoms with E-state index >= 15 is 0 Å². The summed E-state index contributed by atoms with van der Waals surface area (Å²) in [5.41, 5.74) is 0.999. The molecule has 0 aromatic heterocycles. The summed E-state index contributed by atoms with van der Waals surface area (Å²) in [6, 6.07) is 0. The SMILES string of the molecule is CCCC[C@@H]1[C@@H](O)CCC[C@]12CCC/C2=N\O. The van der Waals surface area contributed by atoms with Crippen molar-refractivity contribution < 1.29 is 10.3 Å². The van der Waals surface area contributed by atoms with Gasteiger partial charge >= 0.3 is 0 Å². The molecule has 17 heavy (non-hydrogen) atoms. The van der Waals surface area contributed by atoms with Crippen LogP contribution in [-0.4, -0.2) is 22.1 Å². The number of rotatable bonds is 3. The van der Waals surface area contributed by atoms with Crippen LogP contribution in [0.1, 0.15) is 64.7 Å². The lowest BCUT2D eigenvalue weighted by Gasteiger charge is -2.44. The molecule has 0 amide bonds. The number of hydrogen-bond donors (Lipinski definition) is 2. The number of hydrogen-bond acceptors (Lipinski definition) is 3. The summed E-state index contributed by atoms with van der Waals surface area (Å²) in [7, 11) is 0. The van der Waals surface area contributed by atoms with Gasteiger partial charge in [0, 0.05) is 5.41 Å². The van der Waals surface area contributed by atoms with Gasteiger partial charge in [-0.15, -0.1) is 0 Å². The Morgan fingerprint density at radius 1 is 1.35 bits per heavy atom. The largest absolute Gasteiger partial charge is 0.411 e. The zero-order valence-corrected chi connectivity index (χ0v) is 10.9. The van der Waals surface area contributed by atoms with E-state index in [0.29, 0.717) is 5.92 Å². The van der Waals surface area contributed by atoms with Crippen LogP contribution in [0.5, 0.6) is 0 Å². The molecule has 0 aliphatic heterocycles. The molecule has 1 spiro atoms. The molecule has 2 N–H and O–H groups in total. The lowest BCUT2D eigenvalue weighted by atomic mass is 9.61. The lowest BCUT2D eigenvalue weighted by Crippen LogP contribution is -2.44. The van der Waals surface area contributed by atoms with Crippen LogP contribution in [0, 0.1) is 11.3 Å². The van der Waals surface area contributed by atoms with Crippen LogP contribution in [0.3, 0.4) is 0 Å². The second kappa shape index (κ2) is 5.38. The van der Waals surface area contributed by atoms with Gasteiger partial charge in [-0.2, -0.15) is 0 Å². The molecule has 98 valence electrons. The smallest absolute Gasteiger partial charge is 0.0636 e. The summed E-state index contributed by atoms with van der Waals surface area (Å²) in [5, 5.41) is 23.1. The van der Waals surface area contributed by atoms with E-state index in [2.05, 4.69) is 12.1 Å². The summed E-state index contributed by atoms with van der Waals surface area (Å²) in [4.78, 5) is 0. The molecule has 0 saturated heterocycles. The normalized spacial score (nSPS) is 40.2. The van der Waals surface area contributed by atoms with Gasteiger partial charge in [-0.05, 0) is 50.9 Å². The number of oxime groups is 1. The van der Waals surface area contributed by atoms with E-state index < -0.39 is 0 Å². The zero-order valence-electron chi connectivity index (χ0n) is 10.9. The topological polar surface area (TPSA) is 52.8 Å². The number of nitrogens with zero attached hydrogens (tertiary/aromatic N) is 1. The Morgan fingerprint density at radius 3 is 2.82 bits per heavy atom. The Kier molecular flexibility index (Phi) is 4.08. The average Bonchev–Trinajstić information content (AvgIpc) is 2.72. The summed E-state index contributed by atoms with van der Waals surface area (Å²) in [6.07, 6.45) is 9.49. The molecule has 0 heterocycles. The maximum Gasteiger partial charge on any atom is 0.0636 e. The third kappa shape index (κ3) is 2.22. The predicted molar refractivity (Wildman–Crippen MR) is 68.4 cm³/mol. The second-order valence-electron chi connectivity index (χ2n) is 5.76. The maximum atomic E-state index is 10.3. The molecule has 0 aromatic rings. The summed E-state index contributed by atoms with van der Waals surface area (Å²) < 4.78 is 0. The third-order valence-electron chi connectivity index (χ3n) is 4.90. The van der Waals surface area contributed by atoms with E-state index in [1.807, 2.05) is 0 Å². The molecule has 0 aromatic carbocycles. The van der Waals surface area contributed by atoms with Crippen LogP contribution in [0.15, 0.2) is 5.16 Å². The fourth-order valence-electron chi connectivity index (χ4n) is 4.06. The average molecular weight is 239 g/mol. The minimum atomic E-state index is -0.190. The molecule has 2 rings (SSSR count). The van der Waals surface area contributed by atoms with Gasteiger partial charge in [0.05, 0.1) is 11.8 Å². The van der Waals surface area contributed by atoms with Gasteiger partial charge in [-0.25, -0.2) is 0 Å². The van der Waals surface area contributed by atoms with Crippen LogP contribution in [0.25, 0.3) is 0 Å². The first-order chi connectivity index (χ1) is 8.24. The van der Waals surface area contributed by atoms with Crippen LogP contribution >= 0.6 is 0 Å². The Morgan fingerprint density at radius 2 is 2.12 bits per heavy atom. The Bertz CT molecular complexity index is 290. The van der Waals surface area contributed by atoms with Crippen LogP contribution in [0.2, 0.25) is 0 Å². The first-order valence-corrected chi connectivity index (χ1v) is 7.14. The van der Waals surface area contributed by atoms with Crippen molar-refractivity contribution in [2.75, 3.05) is 0 Å². The van der Waals surface area contributed by atoms with E-state index in [0.717, 1.165) is 50.7 Å². The monoisotopic (exact) mass is 239 g/mol. The van der Waals surface area contributed by atoms with Crippen molar-refractivity contribution in [3.63, 3.8) is 0 Å². The van der Waals surface area contributed by atoms with Crippen LogP contribution in [0.4, 0.5) is 0 Å². The molecule has 2 aliphatic carbocycles. The molecule has 3 atom stereocenters. The van der Waals surface area contributed by atoms with Crippen molar-refractivity contribution in [2.45, 2.75) is 70.8 Å². The third-order valence-corrected chi connectivity index (χ3v) is 4.90. The highest BCUT2D eigenvalue weighted by Crippen LogP contribution is 2.52. The molecule has 0 bridgehead atoms. The quantitative estimate of drug-likeness (QED) is 0.586. The van der Waals surface area contributed by atoms with Crippen molar-refractivity contribution in [2.24, 2.45) is 16.5 Å². The van der Waals surface area contributed by atoms with E-state index in [9.17, 15) is 10.3 Å². The molecular formula is C14H25NO2. The minimum absolute atomic E-state index is 0.0294. The number of aliphatic hydroxyl groups excluding tert-OH is 1. The van der Waals surface area contributed by atoms with Gasteiger partial charge in [0.1, 0.15) is 0 Å². The van der Waals surface area contributed by atoms with Gasteiger partial charge in [0.2, 0.25) is 0 Å². The van der Waals surface area contributed by atoms with E-state index in [4.69, 9.17) is 0 Å². The number of aliphatic hydroxyl groups is 1. The highest BCUT2D eigenvalue weighted by atomic mass is 16.4. The highest BCUT2D eigenvalue weighted by molar-refractivity contribution is 5.92. The molecule has 0 unspecified atom stereocenters. The van der Waals surface area contributed by atoms with E-state index in [1.54, 1.807) is 0 Å². The fraction of sp³-hybridized carbons (Fsp3) is 0.929. The Hall–Kier alpha value is -0.570. The zero-order chi connectivity index (χ0) is 12.3. The maximum absolute atomic E-state index is 10.3. The van der Waals surface area contributed by atoms with Crippen molar-refractivity contribution in [1.29, 1.82) is 0 Å². The standard InChI is InChI=1S/C14H25NO2/c1-2-3-6-11-12(16)7-4-9-14(11)10-5-8-13(14)15-17/h11-12,16-17H,2-10H2,1H3/b15-13+/t11-,12+,14+/m1/s1. The van der Waals surface area contributed by atoms with Crippen molar-refractivity contribution in [3.05, 3.63) is 0 Å². The number of unbranched alkanes of at least 4 members (excludes halogenated alkanes) is 1. The van der Waals surface area contributed by atoms with E-state index in [1.165, 1.54) is 12.8 Å². The fourth-order valence-corrected chi connectivity index (χ4v) is 4.06. The molecule has 2 fully saturated rings. The van der Waals surface area contributed by atoms with Gasteiger partial charge < -0.3 is 10.3 Å². The summed E-state index contributed by atoms with van der Waals surface area (Å²) in [5.74, 6) is 0.324. The van der Waals surface area contributed by atoms with Gasteiger partial charge in [-0.3, -0.25) is 0 Å². The first-order valence-electron chi connectivity index (χ1n) is 7.14. The summed E-state index contributed by atoms with van der Waals surface area (Å²) in [6.45, 7) is 2.19. The molecule has 3 heteroatoms. The summed E-state index contributed by atoms with van der Waals surface area (Å²) >= 11 is 0. The first kappa shape index (κ1) is 12.9. The minimum Gasteiger partial charge on any atom is -0.411 e. The molecule has 0 radical (unpaired) electrons. The van der Waals surface area contributed by atoms with Gasteiger partial charge in [0.15, 0.2) is 0 Å². The Labute approximate surface area is 104 Å². The van der Waals surface area contributed by atoms with Crippen molar-refractivity contribution >= 4 is 5.71 Å². The Balaban J connectivity index is 2.21. The van der Waals surface area contributed by atoms with Gasteiger partial charge in [-0.1, -0.05) is 24.9 Å². The molecule has 3 nitrogen and oxygen atoms in total. The van der Waals surface area contributed by atoms with Crippen molar-refractivity contribution in [1.82, 2.24) is 0 Å². The van der Waals surface area contributed by atoms with Crippen LogP contribution < -0.4 is 0 Å². The molecule has 2 saturated carbocycles. The second-order valence-corrected chi connectivity index (χ2v) is 5.76.